The van der Waals surface area contributed by atoms with Crippen molar-refractivity contribution in [2.45, 2.75) is 55.8 Å². The van der Waals surface area contributed by atoms with Crippen LogP contribution in [-0.4, -0.2) is 30.0 Å². The molecule has 1 fully saturated rings. The molecule has 1 aliphatic carbocycles. The highest BCUT2D eigenvalue weighted by Crippen LogP contribution is 2.46. The molecule has 0 atom stereocenters. The fraction of sp³-hybridized carbons (Fsp3) is 0.300. The van der Waals surface area contributed by atoms with Gasteiger partial charge < -0.3 is 9.64 Å². The number of sulfone groups is 1. The highest BCUT2D eigenvalue weighted by atomic mass is 79.9. The number of nitrogens with zero attached hydrogens (tertiary/aromatic N) is 3. The lowest BCUT2D eigenvalue weighted by Crippen LogP contribution is -2.35. The molecule has 0 radical (unpaired) electrons. The number of alkyl halides is 2. The molecule has 4 heterocycles. The van der Waals surface area contributed by atoms with Crippen LogP contribution in [0.4, 0.5) is 14.5 Å². The minimum atomic E-state index is -4.08. The summed E-state index contributed by atoms with van der Waals surface area (Å²) in [5, 5.41) is 0.918. The van der Waals surface area contributed by atoms with Gasteiger partial charge in [0.25, 0.3) is 11.8 Å². The van der Waals surface area contributed by atoms with Gasteiger partial charge in [0.05, 0.1) is 47.2 Å². The first kappa shape index (κ1) is 26.6. The lowest BCUT2D eigenvalue weighted by atomic mass is 10.0. The molecule has 0 spiro atoms. The van der Waals surface area contributed by atoms with Crippen molar-refractivity contribution in [3.63, 3.8) is 0 Å². The first-order valence-electron chi connectivity index (χ1n) is 13.3. The van der Waals surface area contributed by atoms with Gasteiger partial charge in [0.1, 0.15) is 4.60 Å². The second kappa shape index (κ2) is 9.64. The van der Waals surface area contributed by atoms with E-state index in [0.717, 1.165) is 41.1 Å². The molecule has 3 aliphatic rings. The Hall–Kier alpha value is -3.28. The van der Waals surface area contributed by atoms with Gasteiger partial charge in [-0.05, 0) is 64.2 Å². The summed E-state index contributed by atoms with van der Waals surface area (Å²) < 4.78 is 62.7. The number of benzene rings is 2. The standard InChI is InChI=1S/C30H24BrF2N3O4S/c31-28-22-16-40-15-21(22)20-8-4-17(12-25(20)35-28)14-36(29(37)19-7-9-24(34-13-19)18-5-6-18)26-3-1-2-23-27(26)41(38,39)11-10-30(23,32)33/h1-4,7-9,12-13,18H,5-6,10-11,14-16H2. The van der Waals surface area contributed by atoms with Gasteiger partial charge >= 0.3 is 0 Å². The van der Waals surface area contributed by atoms with E-state index in [0.29, 0.717) is 34.8 Å². The second-order valence-corrected chi connectivity index (χ2v) is 13.6. The Kier molecular flexibility index (Phi) is 6.26. The van der Waals surface area contributed by atoms with Crippen LogP contribution in [0.25, 0.3) is 10.9 Å². The zero-order valence-electron chi connectivity index (χ0n) is 21.7. The largest absolute Gasteiger partial charge is 0.372 e. The summed E-state index contributed by atoms with van der Waals surface area (Å²) in [6.07, 6.45) is 2.78. The molecule has 0 saturated heterocycles. The van der Waals surface area contributed by atoms with Crippen molar-refractivity contribution in [1.82, 2.24) is 9.97 Å². The van der Waals surface area contributed by atoms with Crippen molar-refractivity contribution >= 4 is 48.3 Å². The third-order valence-electron chi connectivity index (χ3n) is 8.00. The van der Waals surface area contributed by atoms with E-state index in [1.807, 2.05) is 18.2 Å². The number of halogens is 3. The average Bonchev–Trinajstić information content (AvgIpc) is 3.69. The van der Waals surface area contributed by atoms with E-state index in [-0.39, 0.29) is 17.8 Å². The molecule has 2 aromatic carbocycles. The zero-order chi connectivity index (χ0) is 28.5. The monoisotopic (exact) mass is 639 g/mol. The van der Waals surface area contributed by atoms with Crippen molar-refractivity contribution in [3.8, 4) is 0 Å². The summed E-state index contributed by atoms with van der Waals surface area (Å²) in [5.74, 6) is -4.18. The lowest BCUT2D eigenvalue weighted by molar-refractivity contribution is -0.0126. The predicted molar refractivity (Wildman–Crippen MR) is 152 cm³/mol. The maximum Gasteiger partial charge on any atom is 0.275 e. The van der Waals surface area contributed by atoms with E-state index >= 15 is 0 Å². The quantitative estimate of drug-likeness (QED) is 0.234. The lowest BCUT2D eigenvalue weighted by Gasteiger charge is -2.31. The number of rotatable bonds is 5. The molecule has 1 saturated carbocycles. The van der Waals surface area contributed by atoms with Crippen LogP contribution in [-0.2, 0) is 40.3 Å². The van der Waals surface area contributed by atoms with E-state index in [9.17, 15) is 22.0 Å². The Labute approximate surface area is 243 Å². The molecule has 2 aliphatic heterocycles. The van der Waals surface area contributed by atoms with Crippen molar-refractivity contribution in [3.05, 3.63) is 92.8 Å². The molecule has 1 amide bonds. The van der Waals surface area contributed by atoms with Crippen LogP contribution in [0.1, 0.15) is 63.5 Å². The number of amides is 1. The van der Waals surface area contributed by atoms with Crippen LogP contribution < -0.4 is 4.90 Å². The van der Waals surface area contributed by atoms with Crippen LogP contribution >= 0.6 is 15.9 Å². The van der Waals surface area contributed by atoms with Crippen LogP contribution in [0.5, 0.6) is 0 Å². The van der Waals surface area contributed by atoms with E-state index in [4.69, 9.17) is 4.74 Å². The molecule has 4 aromatic rings. The minimum Gasteiger partial charge on any atom is -0.372 e. The van der Waals surface area contributed by atoms with Gasteiger partial charge in [-0.15, -0.1) is 0 Å². The number of carbonyl (C=O) groups excluding carboxylic acids is 1. The molecule has 0 bridgehead atoms. The highest BCUT2D eigenvalue weighted by Gasteiger charge is 2.45. The van der Waals surface area contributed by atoms with Crippen molar-refractivity contribution in [2.24, 2.45) is 0 Å². The first-order chi connectivity index (χ1) is 19.6. The molecular weight excluding hydrogens is 616 g/mol. The summed E-state index contributed by atoms with van der Waals surface area (Å²) >= 11 is 3.52. The Morgan fingerprint density at radius 1 is 1.10 bits per heavy atom. The summed E-state index contributed by atoms with van der Waals surface area (Å²) in [6, 6.07) is 12.9. The van der Waals surface area contributed by atoms with Gasteiger partial charge in [-0.3, -0.25) is 9.78 Å². The number of fused-ring (bicyclic) bond motifs is 4. The molecule has 2 aromatic heterocycles. The topological polar surface area (TPSA) is 89.5 Å². The molecule has 11 heteroatoms. The van der Waals surface area contributed by atoms with Crippen LogP contribution in [0.3, 0.4) is 0 Å². The fourth-order valence-electron chi connectivity index (χ4n) is 5.66. The molecule has 41 heavy (non-hydrogen) atoms. The summed E-state index contributed by atoms with van der Waals surface area (Å²) in [5.41, 5.74) is 3.84. The van der Waals surface area contributed by atoms with Crippen LogP contribution in [0.2, 0.25) is 0 Å². The van der Waals surface area contributed by atoms with Gasteiger partial charge in [-0.2, -0.15) is 0 Å². The average molecular weight is 641 g/mol. The zero-order valence-corrected chi connectivity index (χ0v) is 24.1. The summed E-state index contributed by atoms with van der Waals surface area (Å²) in [7, 11) is -4.08. The summed E-state index contributed by atoms with van der Waals surface area (Å²) in [4.78, 5) is 23.9. The maximum atomic E-state index is 15.0. The van der Waals surface area contributed by atoms with Crippen molar-refractivity contribution in [1.29, 1.82) is 0 Å². The maximum absolute atomic E-state index is 15.0. The van der Waals surface area contributed by atoms with E-state index < -0.39 is 44.3 Å². The van der Waals surface area contributed by atoms with E-state index in [1.54, 1.807) is 12.1 Å². The fourth-order valence-corrected chi connectivity index (χ4v) is 7.98. The smallest absolute Gasteiger partial charge is 0.275 e. The van der Waals surface area contributed by atoms with Gasteiger partial charge in [0, 0.05) is 40.7 Å². The Bertz CT molecular complexity index is 1840. The van der Waals surface area contributed by atoms with Crippen molar-refractivity contribution < 1.29 is 26.7 Å². The number of anilines is 1. The Morgan fingerprint density at radius 2 is 1.90 bits per heavy atom. The predicted octanol–water partition coefficient (Wildman–Crippen LogP) is 6.42. The number of hydrogen-bond acceptors (Lipinski definition) is 6. The minimum absolute atomic E-state index is 0.0659. The first-order valence-corrected chi connectivity index (χ1v) is 15.8. The van der Waals surface area contributed by atoms with Crippen molar-refractivity contribution in [2.75, 3.05) is 10.7 Å². The van der Waals surface area contributed by atoms with E-state index in [1.165, 1.54) is 23.2 Å². The van der Waals surface area contributed by atoms with Gasteiger partial charge in [0.15, 0.2) is 9.84 Å². The van der Waals surface area contributed by atoms with E-state index in [2.05, 4.69) is 25.9 Å². The van der Waals surface area contributed by atoms with Gasteiger partial charge in [-0.1, -0.05) is 24.3 Å². The van der Waals surface area contributed by atoms with Crippen LogP contribution in [0, 0.1) is 0 Å². The molecule has 0 N–H and O–H groups in total. The number of ether oxygens (including phenoxy) is 1. The number of pyridine rings is 2. The third-order valence-corrected chi connectivity index (χ3v) is 10.5. The van der Waals surface area contributed by atoms with Crippen LogP contribution in [0.15, 0.2) is 64.2 Å². The molecule has 7 rings (SSSR count). The van der Waals surface area contributed by atoms with Gasteiger partial charge in [0.2, 0.25) is 0 Å². The molecule has 0 unspecified atom stereocenters. The molecular formula is C30H24BrF2N3O4S. The highest BCUT2D eigenvalue weighted by molar-refractivity contribution is 9.10. The Balaban J connectivity index is 1.36. The second-order valence-electron chi connectivity index (χ2n) is 10.8. The summed E-state index contributed by atoms with van der Waals surface area (Å²) in [6.45, 7) is 0.862. The molecule has 7 nitrogen and oxygen atoms in total. The van der Waals surface area contributed by atoms with Gasteiger partial charge in [-0.25, -0.2) is 22.2 Å². The molecule has 210 valence electrons. The number of carbonyl (C=O) groups is 1. The Morgan fingerprint density at radius 3 is 2.66 bits per heavy atom. The third kappa shape index (κ3) is 4.64. The normalized spacial score (nSPS) is 18.6. The SMILES string of the molecule is O=C(c1ccc(C2CC2)nc1)N(Cc1ccc2c3c(c(Br)nc2c1)COC3)c1cccc2c1S(=O)(=O)CCC2(F)F. The number of aromatic nitrogens is 2. The number of hydrogen-bond donors (Lipinski definition) is 0.